The molecule has 0 aliphatic carbocycles. The van der Waals surface area contributed by atoms with Gasteiger partial charge < -0.3 is 9.47 Å². The molecule has 1 aromatic heterocycles. The minimum absolute atomic E-state index is 0.0311. The highest BCUT2D eigenvalue weighted by atomic mass is 16.6. The van der Waals surface area contributed by atoms with E-state index in [0.717, 1.165) is 22.4 Å². The minimum Gasteiger partial charge on any atom is -0.489 e. The Kier molecular flexibility index (Phi) is 5.24. The van der Waals surface area contributed by atoms with Crippen LogP contribution in [0.3, 0.4) is 0 Å². The summed E-state index contributed by atoms with van der Waals surface area (Å²) < 4.78 is 11.4. The summed E-state index contributed by atoms with van der Waals surface area (Å²) in [5.74, 6) is 0.784. The van der Waals surface area contributed by atoms with Crippen LogP contribution >= 0.6 is 0 Å². The van der Waals surface area contributed by atoms with Gasteiger partial charge in [-0.3, -0.25) is 9.88 Å². The van der Waals surface area contributed by atoms with Crippen LogP contribution in [0.15, 0.2) is 79.1 Å². The second kappa shape index (κ2) is 8.13. The fourth-order valence-electron chi connectivity index (χ4n) is 3.34. The van der Waals surface area contributed by atoms with Crippen molar-refractivity contribution in [3.8, 4) is 5.75 Å². The molecule has 2 atom stereocenters. The number of cyclic esters (lactones) is 1. The Morgan fingerprint density at radius 3 is 2.50 bits per heavy atom. The molecule has 142 valence electrons. The van der Waals surface area contributed by atoms with E-state index in [0.29, 0.717) is 13.2 Å². The van der Waals surface area contributed by atoms with Crippen LogP contribution in [-0.4, -0.2) is 22.0 Å². The molecule has 0 bridgehead atoms. The Morgan fingerprint density at radius 2 is 1.79 bits per heavy atom. The molecule has 5 nitrogen and oxygen atoms in total. The van der Waals surface area contributed by atoms with Crippen LogP contribution < -0.4 is 4.74 Å². The Hall–Kier alpha value is -3.34. The number of hydrogen-bond acceptors (Lipinski definition) is 4. The normalized spacial score (nSPS) is 18.8. The predicted octanol–water partition coefficient (Wildman–Crippen LogP) is 4.74. The number of pyridine rings is 1. The predicted molar refractivity (Wildman–Crippen MR) is 106 cm³/mol. The summed E-state index contributed by atoms with van der Waals surface area (Å²) in [6.07, 6.45) is 3.01. The fourth-order valence-corrected chi connectivity index (χ4v) is 3.34. The number of amides is 1. The number of rotatable bonds is 6. The van der Waals surface area contributed by atoms with Gasteiger partial charge in [0.2, 0.25) is 0 Å². The zero-order valence-electron chi connectivity index (χ0n) is 15.7. The maximum absolute atomic E-state index is 12.4. The van der Waals surface area contributed by atoms with E-state index in [4.69, 9.17) is 9.47 Å². The van der Waals surface area contributed by atoms with Crippen molar-refractivity contribution in [2.24, 2.45) is 0 Å². The van der Waals surface area contributed by atoms with E-state index in [1.165, 1.54) is 0 Å². The lowest BCUT2D eigenvalue weighted by atomic mass is 10.0. The van der Waals surface area contributed by atoms with Gasteiger partial charge in [-0.2, -0.15) is 0 Å². The highest BCUT2D eigenvalue weighted by Gasteiger charge is 2.39. The van der Waals surface area contributed by atoms with Gasteiger partial charge >= 0.3 is 6.09 Å². The third-order valence-corrected chi connectivity index (χ3v) is 4.92. The molecule has 1 saturated heterocycles. The number of benzene rings is 2. The van der Waals surface area contributed by atoms with Crippen LogP contribution in [0.2, 0.25) is 0 Å². The lowest BCUT2D eigenvalue weighted by molar-refractivity contribution is 0.130. The van der Waals surface area contributed by atoms with E-state index in [2.05, 4.69) is 4.98 Å². The summed E-state index contributed by atoms with van der Waals surface area (Å²) >= 11 is 0. The third kappa shape index (κ3) is 3.98. The van der Waals surface area contributed by atoms with Gasteiger partial charge in [0.15, 0.2) is 0 Å². The van der Waals surface area contributed by atoms with Crippen molar-refractivity contribution >= 4 is 6.09 Å². The first-order chi connectivity index (χ1) is 13.7. The topological polar surface area (TPSA) is 51.7 Å². The molecule has 1 aliphatic rings. The molecule has 5 heteroatoms. The van der Waals surface area contributed by atoms with Crippen molar-refractivity contribution in [2.45, 2.75) is 32.2 Å². The first-order valence-electron chi connectivity index (χ1n) is 9.33. The molecular weight excluding hydrogens is 352 g/mol. The maximum Gasteiger partial charge on any atom is 0.411 e. The van der Waals surface area contributed by atoms with E-state index in [1.54, 1.807) is 17.3 Å². The lowest BCUT2D eigenvalue weighted by Crippen LogP contribution is -2.31. The summed E-state index contributed by atoms with van der Waals surface area (Å²) in [6.45, 7) is 3.00. The molecule has 0 N–H and O–H groups in total. The minimum atomic E-state index is -0.279. The van der Waals surface area contributed by atoms with Gasteiger partial charge in [-0.15, -0.1) is 0 Å². The van der Waals surface area contributed by atoms with E-state index in [9.17, 15) is 4.79 Å². The smallest absolute Gasteiger partial charge is 0.411 e. The fraction of sp³-hybridized carbons (Fsp3) is 0.217. The zero-order valence-corrected chi connectivity index (χ0v) is 15.7. The molecule has 4 rings (SSSR count). The maximum atomic E-state index is 12.4. The van der Waals surface area contributed by atoms with E-state index in [-0.39, 0.29) is 18.2 Å². The van der Waals surface area contributed by atoms with Gasteiger partial charge in [-0.05, 0) is 36.2 Å². The molecule has 28 heavy (non-hydrogen) atoms. The van der Waals surface area contributed by atoms with Crippen LogP contribution in [0.5, 0.6) is 5.75 Å². The first-order valence-corrected chi connectivity index (χ1v) is 9.33. The van der Waals surface area contributed by atoms with Gasteiger partial charge in [-0.1, -0.05) is 48.5 Å². The Bertz CT molecular complexity index is 914. The largest absolute Gasteiger partial charge is 0.489 e. The van der Waals surface area contributed by atoms with Crippen LogP contribution in [-0.2, 0) is 17.9 Å². The average Bonchev–Trinajstić information content (AvgIpc) is 3.03. The molecule has 2 heterocycles. The van der Waals surface area contributed by atoms with Crippen molar-refractivity contribution in [1.82, 2.24) is 9.88 Å². The van der Waals surface area contributed by atoms with Crippen molar-refractivity contribution in [3.63, 3.8) is 0 Å². The number of carbonyl (C=O) groups excluding carboxylic acids is 1. The number of carbonyl (C=O) groups is 1. The summed E-state index contributed by atoms with van der Waals surface area (Å²) in [5.41, 5.74) is 3.07. The van der Waals surface area contributed by atoms with Gasteiger partial charge in [-0.25, -0.2) is 4.79 Å². The van der Waals surface area contributed by atoms with E-state index in [1.807, 2.05) is 73.7 Å². The molecule has 2 aromatic carbocycles. The van der Waals surface area contributed by atoms with Gasteiger partial charge in [0.05, 0.1) is 6.04 Å². The molecule has 1 aliphatic heterocycles. The quantitative estimate of drug-likeness (QED) is 0.625. The molecular formula is C23H22N2O3. The average molecular weight is 374 g/mol. The summed E-state index contributed by atoms with van der Waals surface area (Å²) in [4.78, 5) is 18.2. The van der Waals surface area contributed by atoms with Gasteiger partial charge in [0.1, 0.15) is 18.5 Å². The first kappa shape index (κ1) is 18.0. The van der Waals surface area contributed by atoms with E-state index >= 15 is 0 Å². The SMILES string of the molecule is C[C@H]1[C@@H](c2ccccc2)OC(=O)N1Cc1ccc(OCc2cccnc2)cc1. The monoisotopic (exact) mass is 374 g/mol. The number of aromatic nitrogens is 1. The van der Waals surface area contributed by atoms with Crippen LogP contribution in [0, 0.1) is 0 Å². The molecule has 0 saturated carbocycles. The number of nitrogens with zero attached hydrogens (tertiary/aromatic N) is 2. The molecule has 0 unspecified atom stereocenters. The number of hydrogen-bond donors (Lipinski definition) is 0. The highest BCUT2D eigenvalue weighted by Crippen LogP contribution is 2.33. The molecule has 3 aromatic rings. The van der Waals surface area contributed by atoms with Gasteiger partial charge in [0, 0.05) is 24.5 Å². The van der Waals surface area contributed by atoms with Crippen molar-refractivity contribution in [1.29, 1.82) is 0 Å². The molecule has 0 radical (unpaired) electrons. The van der Waals surface area contributed by atoms with Crippen LogP contribution in [0.4, 0.5) is 4.79 Å². The van der Waals surface area contributed by atoms with E-state index < -0.39 is 0 Å². The summed E-state index contributed by atoms with van der Waals surface area (Å²) in [6, 6.07) is 21.5. The summed E-state index contributed by atoms with van der Waals surface area (Å²) in [5, 5.41) is 0. The second-order valence-electron chi connectivity index (χ2n) is 6.88. The Labute approximate surface area is 164 Å². The molecule has 1 fully saturated rings. The molecule has 0 spiro atoms. The molecule has 1 amide bonds. The van der Waals surface area contributed by atoms with Crippen LogP contribution in [0.25, 0.3) is 0 Å². The second-order valence-corrected chi connectivity index (χ2v) is 6.88. The van der Waals surface area contributed by atoms with Gasteiger partial charge in [0.25, 0.3) is 0 Å². The lowest BCUT2D eigenvalue weighted by Gasteiger charge is -2.21. The highest BCUT2D eigenvalue weighted by molar-refractivity contribution is 5.71. The van der Waals surface area contributed by atoms with Crippen molar-refractivity contribution < 1.29 is 14.3 Å². The van der Waals surface area contributed by atoms with Crippen molar-refractivity contribution in [2.75, 3.05) is 0 Å². The zero-order chi connectivity index (χ0) is 19.3. The Morgan fingerprint density at radius 1 is 1.00 bits per heavy atom. The Balaban J connectivity index is 1.38. The number of ether oxygens (including phenoxy) is 2. The standard InChI is InChI=1S/C23H22N2O3/c1-17-22(20-7-3-2-4-8-20)28-23(26)25(17)15-18-9-11-21(12-10-18)27-16-19-6-5-13-24-14-19/h2-14,17,22H,15-16H2,1H3/t17-,22-/m0/s1. The summed E-state index contributed by atoms with van der Waals surface area (Å²) in [7, 11) is 0. The third-order valence-electron chi connectivity index (χ3n) is 4.92. The van der Waals surface area contributed by atoms with Crippen molar-refractivity contribution in [3.05, 3.63) is 95.8 Å². The van der Waals surface area contributed by atoms with Crippen LogP contribution in [0.1, 0.15) is 29.7 Å².